The number of para-hydroxylation sites is 2. The van der Waals surface area contributed by atoms with Crippen molar-refractivity contribution in [2.75, 3.05) is 12.0 Å². The highest BCUT2D eigenvalue weighted by atomic mass is 16.5. The van der Waals surface area contributed by atoms with Gasteiger partial charge in [-0.25, -0.2) is 4.79 Å². The van der Waals surface area contributed by atoms with Gasteiger partial charge >= 0.3 is 5.97 Å². The largest absolute Gasteiger partial charge is 0.479 e. The third-order valence-electron chi connectivity index (χ3n) is 3.76. The Bertz CT molecular complexity index is 756. The Balaban J connectivity index is 1.93. The molecule has 0 aromatic heterocycles. The summed E-state index contributed by atoms with van der Waals surface area (Å²) in [6.07, 6.45) is -0.534. The maximum Gasteiger partial charge on any atom is 0.337 e. The number of rotatable bonds is 3. The molecular formula is C18H17NO4. The van der Waals surface area contributed by atoms with Gasteiger partial charge in [-0.2, -0.15) is 0 Å². The molecule has 0 radical (unpaired) electrons. The summed E-state index contributed by atoms with van der Waals surface area (Å²) in [5.74, 6) is 0.185. The highest BCUT2D eigenvalue weighted by Crippen LogP contribution is 2.34. The highest BCUT2D eigenvalue weighted by molar-refractivity contribution is 5.99. The number of ether oxygens (including phenoxy) is 2. The molecule has 0 spiro atoms. The van der Waals surface area contributed by atoms with Gasteiger partial charge in [0.2, 0.25) is 0 Å². The number of nitrogens with zero attached hydrogens (tertiary/aromatic N) is 1. The van der Waals surface area contributed by atoms with Crippen molar-refractivity contribution in [2.45, 2.75) is 19.6 Å². The van der Waals surface area contributed by atoms with E-state index in [-0.39, 0.29) is 5.91 Å². The van der Waals surface area contributed by atoms with Crippen LogP contribution in [0.25, 0.3) is 0 Å². The van der Waals surface area contributed by atoms with Gasteiger partial charge in [-0.1, -0.05) is 24.3 Å². The molecule has 0 fully saturated rings. The Hall–Kier alpha value is -2.82. The smallest absolute Gasteiger partial charge is 0.337 e. The van der Waals surface area contributed by atoms with Crippen LogP contribution in [0.2, 0.25) is 0 Å². The minimum Gasteiger partial charge on any atom is -0.479 e. The summed E-state index contributed by atoms with van der Waals surface area (Å²) in [7, 11) is 1.35. The second kappa shape index (κ2) is 6.12. The average molecular weight is 311 g/mol. The van der Waals surface area contributed by atoms with Crippen molar-refractivity contribution in [2.24, 2.45) is 0 Å². The van der Waals surface area contributed by atoms with Crippen LogP contribution in [0.4, 0.5) is 5.69 Å². The minimum absolute atomic E-state index is 0.104. The molecule has 2 aromatic carbocycles. The molecule has 1 aliphatic heterocycles. The number of methoxy groups -OCH3 is 1. The Morgan fingerprint density at radius 1 is 1.22 bits per heavy atom. The molecule has 0 aliphatic carbocycles. The highest BCUT2D eigenvalue weighted by Gasteiger charge is 2.31. The van der Waals surface area contributed by atoms with Crippen LogP contribution in [0.5, 0.6) is 5.75 Å². The summed E-state index contributed by atoms with van der Waals surface area (Å²) in [6.45, 7) is 2.10. The lowest BCUT2D eigenvalue weighted by atomic mass is 10.1. The first-order valence-electron chi connectivity index (χ1n) is 7.34. The molecule has 0 saturated heterocycles. The molecule has 5 heteroatoms. The van der Waals surface area contributed by atoms with Crippen molar-refractivity contribution in [3.05, 3.63) is 59.7 Å². The van der Waals surface area contributed by atoms with Crippen molar-refractivity contribution in [1.82, 2.24) is 0 Å². The number of hydrogen-bond donors (Lipinski definition) is 0. The number of fused-ring (bicyclic) bond motifs is 1. The Morgan fingerprint density at radius 2 is 2.00 bits per heavy atom. The molecule has 0 saturated carbocycles. The number of esters is 1. The summed E-state index contributed by atoms with van der Waals surface area (Å²) in [6, 6.07) is 14.5. The molecule has 1 heterocycles. The van der Waals surface area contributed by atoms with Gasteiger partial charge < -0.3 is 14.4 Å². The predicted molar refractivity (Wildman–Crippen MR) is 85.5 cm³/mol. The van der Waals surface area contributed by atoms with Gasteiger partial charge in [-0.15, -0.1) is 0 Å². The van der Waals surface area contributed by atoms with E-state index in [0.29, 0.717) is 17.9 Å². The van der Waals surface area contributed by atoms with Crippen molar-refractivity contribution in [3.63, 3.8) is 0 Å². The van der Waals surface area contributed by atoms with Crippen LogP contribution >= 0.6 is 0 Å². The van der Waals surface area contributed by atoms with Crippen LogP contribution < -0.4 is 9.64 Å². The third-order valence-corrected chi connectivity index (χ3v) is 3.76. The summed E-state index contributed by atoms with van der Waals surface area (Å²) in [5.41, 5.74) is 2.05. The topological polar surface area (TPSA) is 55.8 Å². The van der Waals surface area contributed by atoms with Crippen molar-refractivity contribution in [3.8, 4) is 5.75 Å². The molecule has 2 aromatic rings. The van der Waals surface area contributed by atoms with Gasteiger partial charge in [0.05, 0.1) is 24.9 Å². The summed E-state index contributed by atoms with van der Waals surface area (Å²) < 4.78 is 10.4. The van der Waals surface area contributed by atoms with Crippen LogP contribution in [0.1, 0.15) is 22.8 Å². The van der Waals surface area contributed by atoms with E-state index in [1.807, 2.05) is 30.3 Å². The second-order valence-corrected chi connectivity index (χ2v) is 5.34. The Kier molecular flexibility index (Phi) is 4.02. The normalized spacial score (nSPS) is 16.5. The van der Waals surface area contributed by atoms with E-state index in [2.05, 4.69) is 0 Å². The third kappa shape index (κ3) is 2.90. The Labute approximate surface area is 134 Å². The van der Waals surface area contributed by atoms with E-state index in [1.54, 1.807) is 30.0 Å². The summed E-state index contributed by atoms with van der Waals surface area (Å²) in [4.78, 5) is 25.8. The number of carbonyl (C=O) groups is 2. The fourth-order valence-electron chi connectivity index (χ4n) is 2.62. The van der Waals surface area contributed by atoms with Crippen LogP contribution in [-0.2, 0) is 16.1 Å². The van der Waals surface area contributed by atoms with Gasteiger partial charge in [0.25, 0.3) is 5.91 Å². The molecule has 3 rings (SSSR count). The maximum absolute atomic E-state index is 12.5. The standard InChI is InChI=1S/C18H17NO4/c1-12-17(20)19(15-8-3-4-9-16(15)23-12)11-13-6-5-7-14(10-13)18(21)22-2/h3-10,12H,11H2,1-2H3. The Morgan fingerprint density at radius 3 is 2.78 bits per heavy atom. The van der Waals surface area contributed by atoms with E-state index < -0.39 is 12.1 Å². The fourth-order valence-corrected chi connectivity index (χ4v) is 2.62. The molecule has 1 unspecified atom stereocenters. The first kappa shape index (κ1) is 15.1. The number of amides is 1. The van der Waals surface area contributed by atoms with Gasteiger partial charge in [0.1, 0.15) is 5.75 Å². The van der Waals surface area contributed by atoms with Crippen molar-refractivity contribution < 1.29 is 19.1 Å². The molecule has 1 aliphatic rings. The van der Waals surface area contributed by atoms with E-state index in [9.17, 15) is 9.59 Å². The van der Waals surface area contributed by atoms with Gasteiger partial charge in [-0.3, -0.25) is 4.79 Å². The predicted octanol–water partition coefficient (Wildman–Crippen LogP) is 2.79. The number of anilines is 1. The summed E-state index contributed by atoms with van der Waals surface area (Å²) in [5, 5.41) is 0. The first-order chi connectivity index (χ1) is 11.1. The van der Waals surface area contributed by atoms with Gasteiger partial charge in [0, 0.05) is 0 Å². The van der Waals surface area contributed by atoms with Crippen LogP contribution in [0, 0.1) is 0 Å². The second-order valence-electron chi connectivity index (χ2n) is 5.34. The van der Waals surface area contributed by atoms with Crippen LogP contribution in [-0.4, -0.2) is 25.1 Å². The first-order valence-corrected chi connectivity index (χ1v) is 7.34. The molecule has 23 heavy (non-hydrogen) atoms. The van der Waals surface area contributed by atoms with Crippen LogP contribution in [0.3, 0.4) is 0 Å². The zero-order valence-corrected chi connectivity index (χ0v) is 13.0. The SMILES string of the molecule is COC(=O)c1cccc(CN2C(=O)C(C)Oc3ccccc32)c1. The average Bonchev–Trinajstić information content (AvgIpc) is 2.58. The molecule has 5 nitrogen and oxygen atoms in total. The van der Waals surface area contributed by atoms with Gasteiger partial charge in [-0.05, 0) is 36.8 Å². The lowest BCUT2D eigenvalue weighted by Gasteiger charge is -2.33. The van der Waals surface area contributed by atoms with Crippen molar-refractivity contribution in [1.29, 1.82) is 0 Å². The maximum atomic E-state index is 12.5. The lowest BCUT2D eigenvalue weighted by molar-refractivity contribution is -0.125. The number of benzene rings is 2. The fraction of sp³-hybridized carbons (Fsp3) is 0.222. The van der Waals surface area contributed by atoms with E-state index >= 15 is 0 Å². The minimum atomic E-state index is -0.534. The van der Waals surface area contributed by atoms with E-state index in [4.69, 9.17) is 9.47 Å². The molecule has 118 valence electrons. The lowest BCUT2D eigenvalue weighted by Crippen LogP contribution is -2.43. The summed E-state index contributed by atoms with van der Waals surface area (Å²) >= 11 is 0. The molecule has 1 atom stereocenters. The zero-order chi connectivity index (χ0) is 16.4. The van der Waals surface area contributed by atoms with Gasteiger partial charge in [0.15, 0.2) is 6.10 Å². The van der Waals surface area contributed by atoms with Crippen molar-refractivity contribution >= 4 is 17.6 Å². The van der Waals surface area contributed by atoms with Crippen LogP contribution in [0.15, 0.2) is 48.5 Å². The molecular weight excluding hydrogens is 294 g/mol. The molecule has 0 bridgehead atoms. The number of hydrogen-bond acceptors (Lipinski definition) is 4. The zero-order valence-electron chi connectivity index (χ0n) is 13.0. The molecule has 0 N–H and O–H groups in total. The molecule has 1 amide bonds. The van der Waals surface area contributed by atoms with E-state index in [1.165, 1.54) is 7.11 Å². The number of carbonyl (C=O) groups excluding carboxylic acids is 2. The van der Waals surface area contributed by atoms with E-state index in [0.717, 1.165) is 11.3 Å². The quantitative estimate of drug-likeness (QED) is 0.818. The monoisotopic (exact) mass is 311 g/mol.